The Balaban J connectivity index is 1.63. The van der Waals surface area contributed by atoms with Gasteiger partial charge in [-0.05, 0) is 42.4 Å². The normalized spacial score (nSPS) is 16.7. The number of benzene rings is 2. The molecule has 1 aliphatic carbocycles. The Morgan fingerprint density at radius 3 is 2.56 bits per heavy atom. The first-order chi connectivity index (χ1) is 12.9. The minimum atomic E-state index is -3.46. The molecule has 0 unspecified atom stereocenters. The molecular weight excluding hydrogens is 360 g/mol. The smallest absolute Gasteiger partial charge is 0.235 e. The third-order valence-electron chi connectivity index (χ3n) is 4.99. The molecule has 0 heterocycles. The number of carbonyl (C=O) groups excluding carboxylic acids is 1. The number of carbonyl (C=O) groups is 1. The second-order valence-corrected chi connectivity index (χ2v) is 9.03. The first-order valence-electron chi connectivity index (χ1n) is 9.30. The summed E-state index contributed by atoms with van der Waals surface area (Å²) < 4.78 is 25.5. The highest BCUT2D eigenvalue weighted by Gasteiger charge is 2.24. The molecule has 0 saturated heterocycles. The summed E-state index contributed by atoms with van der Waals surface area (Å²) in [5, 5.41) is 3.03. The largest absolute Gasteiger partial charge is 0.348 e. The van der Waals surface area contributed by atoms with E-state index in [1.54, 1.807) is 0 Å². The summed E-state index contributed by atoms with van der Waals surface area (Å²) >= 11 is 0. The maximum Gasteiger partial charge on any atom is 0.235 e. The second kappa shape index (κ2) is 8.67. The van der Waals surface area contributed by atoms with E-state index in [1.165, 1.54) is 9.87 Å². The molecule has 0 bridgehead atoms. The molecule has 3 rings (SSSR count). The van der Waals surface area contributed by atoms with E-state index in [2.05, 4.69) is 11.4 Å². The molecular formula is C21H26N2O3S. The number of amides is 1. The lowest BCUT2D eigenvalue weighted by atomic mass is 9.88. The zero-order valence-electron chi connectivity index (χ0n) is 15.6. The zero-order chi connectivity index (χ0) is 19.3. The number of rotatable bonds is 7. The predicted molar refractivity (Wildman–Crippen MR) is 107 cm³/mol. The predicted octanol–water partition coefficient (Wildman–Crippen LogP) is 2.68. The van der Waals surface area contributed by atoms with E-state index in [9.17, 15) is 13.2 Å². The molecule has 1 aliphatic rings. The Morgan fingerprint density at radius 2 is 1.81 bits per heavy atom. The van der Waals surface area contributed by atoms with Crippen molar-refractivity contribution >= 4 is 15.9 Å². The van der Waals surface area contributed by atoms with Crippen LogP contribution in [0.4, 0.5) is 0 Å². The number of hydrogen-bond acceptors (Lipinski definition) is 3. The molecule has 0 aliphatic heterocycles. The molecule has 2 aromatic carbocycles. The van der Waals surface area contributed by atoms with Crippen molar-refractivity contribution in [2.75, 3.05) is 19.3 Å². The Hall–Kier alpha value is -2.18. The van der Waals surface area contributed by atoms with Gasteiger partial charge in [-0.3, -0.25) is 4.79 Å². The van der Waals surface area contributed by atoms with Gasteiger partial charge in [0.05, 0.1) is 18.8 Å². The van der Waals surface area contributed by atoms with Crippen molar-refractivity contribution in [1.29, 1.82) is 0 Å². The van der Waals surface area contributed by atoms with Crippen molar-refractivity contribution < 1.29 is 13.2 Å². The number of nitrogens with zero attached hydrogens (tertiary/aromatic N) is 1. The van der Waals surface area contributed by atoms with Crippen LogP contribution in [0.5, 0.6) is 0 Å². The van der Waals surface area contributed by atoms with Crippen LogP contribution in [0.1, 0.15) is 35.6 Å². The molecule has 1 N–H and O–H groups in total. The SMILES string of the molecule is CS(=O)(=O)N(CCc1ccccc1)CC(=O)N[C@H]1CCCc2ccccc21. The molecule has 0 fully saturated rings. The number of sulfonamides is 1. The standard InChI is InChI=1S/C21H26N2O3S/c1-27(25,26)23(15-14-17-8-3-2-4-9-17)16-21(24)22-20-13-7-11-18-10-5-6-12-19(18)20/h2-6,8-10,12,20H,7,11,13-16H2,1H3,(H,22,24)/t20-/m0/s1. The summed E-state index contributed by atoms with van der Waals surface area (Å²) in [4.78, 5) is 12.6. The summed E-state index contributed by atoms with van der Waals surface area (Å²) in [5.41, 5.74) is 3.46. The highest BCUT2D eigenvalue weighted by atomic mass is 32.2. The summed E-state index contributed by atoms with van der Waals surface area (Å²) in [6.45, 7) is 0.141. The summed E-state index contributed by atoms with van der Waals surface area (Å²) in [6, 6.07) is 17.8. The minimum absolute atomic E-state index is 0.0435. The van der Waals surface area contributed by atoms with Crippen molar-refractivity contribution in [1.82, 2.24) is 9.62 Å². The molecule has 1 atom stereocenters. The molecule has 1 amide bonds. The Morgan fingerprint density at radius 1 is 1.11 bits per heavy atom. The molecule has 144 valence electrons. The third kappa shape index (κ3) is 5.40. The molecule has 5 nitrogen and oxygen atoms in total. The highest BCUT2D eigenvalue weighted by molar-refractivity contribution is 7.88. The topological polar surface area (TPSA) is 66.5 Å². The van der Waals surface area contributed by atoms with Crippen molar-refractivity contribution in [3.63, 3.8) is 0 Å². The first-order valence-corrected chi connectivity index (χ1v) is 11.1. The van der Waals surface area contributed by atoms with Gasteiger partial charge in [0.25, 0.3) is 0 Å². The lowest BCUT2D eigenvalue weighted by Gasteiger charge is -2.27. The molecule has 0 saturated carbocycles. The van der Waals surface area contributed by atoms with E-state index in [4.69, 9.17) is 0 Å². The second-order valence-electron chi connectivity index (χ2n) is 7.04. The fourth-order valence-electron chi connectivity index (χ4n) is 3.56. The summed E-state index contributed by atoms with van der Waals surface area (Å²) in [7, 11) is -3.46. The van der Waals surface area contributed by atoms with Gasteiger partial charge in [0.2, 0.25) is 15.9 Å². The van der Waals surface area contributed by atoms with Gasteiger partial charge >= 0.3 is 0 Å². The van der Waals surface area contributed by atoms with Crippen LogP contribution in [-0.2, 0) is 27.7 Å². The average Bonchev–Trinajstić information content (AvgIpc) is 2.65. The van der Waals surface area contributed by atoms with Crippen molar-refractivity contribution in [2.45, 2.75) is 31.7 Å². The minimum Gasteiger partial charge on any atom is -0.348 e. The molecule has 0 aromatic heterocycles. The van der Waals surface area contributed by atoms with E-state index in [0.29, 0.717) is 6.42 Å². The van der Waals surface area contributed by atoms with Crippen LogP contribution in [0.2, 0.25) is 0 Å². The van der Waals surface area contributed by atoms with Gasteiger partial charge in [-0.15, -0.1) is 0 Å². The Labute approximate surface area is 161 Å². The van der Waals surface area contributed by atoms with Crippen LogP contribution in [0, 0.1) is 0 Å². The quantitative estimate of drug-likeness (QED) is 0.796. The van der Waals surface area contributed by atoms with E-state index < -0.39 is 10.0 Å². The maximum atomic E-state index is 12.6. The van der Waals surface area contributed by atoms with Crippen LogP contribution < -0.4 is 5.32 Å². The number of fused-ring (bicyclic) bond motifs is 1. The molecule has 0 radical (unpaired) electrons. The molecule has 2 aromatic rings. The number of nitrogens with one attached hydrogen (secondary N) is 1. The zero-order valence-corrected chi connectivity index (χ0v) is 16.4. The highest BCUT2D eigenvalue weighted by Crippen LogP contribution is 2.29. The van der Waals surface area contributed by atoms with Gasteiger partial charge in [0.15, 0.2) is 0 Å². The first kappa shape index (κ1) is 19.6. The van der Waals surface area contributed by atoms with Crippen LogP contribution in [-0.4, -0.2) is 38.0 Å². The van der Waals surface area contributed by atoms with Crippen molar-refractivity contribution in [3.05, 3.63) is 71.3 Å². The van der Waals surface area contributed by atoms with E-state index >= 15 is 0 Å². The summed E-state index contributed by atoms with van der Waals surface area (Å²) in [6.07, 6.45) is 4.65. The maximum absolute atomic E-state index is 12.6. The monoisotopic (exact) mass is 386 g/mol. The number of hydrogen-bond donors (Lipinski definition) is 1. The lowest BCUT2D eigenvalue weighted by Crippen LogP contribution is -2.42. The van der Waals surface area contributed by atoms with Crippen molar-refractivity contribution in [3.8, 4) is 0 Å². The van der Waals surface area contributed by atoms with Crippen molar-refractivity contribution in [2.24, 2.45) is 0 Å². The van der Waals surface area contributed by atoms with Gasteiger partial charge in [0.1, 0.15) is 0 Å². The van der Waals surface area contributed by atoms with Crippen LogP contribution in [0.3, 0.4) is 0 Å². The van der Waals surface area contributed by atoms with E-state index in [0.717, 1.165) is 36.6 Å². The van der Waals surface area contributed by atoms with E-state index in [1.807, 2.05) is 48.5 Å². The van der Waals surface area contributed by atoms with Crippen LogP contribution >= 0.6 is 0 Å². The fourth-order valence-corrected chi connectivity index (χ4v) is 4.34. The van der Waals surface area contributed by atoms with Gasteiger partial charge in [-0.1, -0.05) is 54.6 Å². The molecule has 0 spiro atoms. The third-order valence-corrected chi connectivity index (χ3v) is 6.24. The molecule has 27 heavy (non-hydrogen) atoms. The molecule has 6 heteroatoms. The Bertz CT molecular complexity index is 881. The van der Waals surface area contributed by atoms with Gasteiger partial charge in [-0.25, -0.2) is 8.42 Å². The van der Waals surface area contributed by atoms with Crippen LogP contribution in [0.15, 0.2) is 54.6 Å². The van der Waals surface area contributed by atoms with Crippen LogP contribution in [0.25, 0.3) is 0 Å². The fraction of sp³-hybridized carbons (Fsp3) is 0.381. The Kier molecular flexibility index (Phi) is 6.29. The lowest BCUT2D eigenvalue weighted by molar-refractivity contribution is -0.122. The van der Waals surface area contributed by atoms with Gasteiger partial charge in [0, 0.05) is 6.54 Å². The van der Waals surface area contributed by atoms with Gasteiger partial charge < -0.3 is 5.32 Å². The van der Waals surface area contributed by atoms with Gasteiger partial charge in [-0.2, -0.15) is 4.31 Å². The van der Waals surface area contributed by atoms with E-state index in [-0.39, 0.29) is 25.0 Å². The average molecular weight is 387 g/mol. The summed E-state index contributed by atoms with van der Waals surface area (Å²) in [5.74, 6) is -0.254. The number of aryl methyl sites for hydroxylation is 1.